The van der Waals surface area contributed by atoms with Crippen molar-refractivity contribution in [2.75, 3.05) is 11.1 Å². The number of carbonyl (C=O) groups is 1. The normalized spacial score (nSPS) is 12.0. The molecule has 0 fully saturated rings. The van der Waals surface area contributed by atoms with Crippen LogP contribution in [-0.2, 0) is 4.79 Å². The molecular formula is C19H19FN4O3. The van der Waals surface area contributed by atoms with Gasteiger partial charge in [-0.1, -0.05) is 0 Å². The Hall–Kier alpha value is -3.42. The maximum absolute atomic E-state index is 13.0. The summed E-state index contributed by atoms with van der Waals surface area (Å²) in [5.74, 6) is 0.439. The van der Waals surface area contributed by atoms with Crippen LogP contribution in [-0.4, -0.2) is 15.7 Å². The molecule has 140 valence electrons. The van der Waals surface area contributed by atoms with E-state index in [1.54, 1.807) is 19.9 Å². The molecule has 0 radical (unpaired) electrons. The van der Waals surface area contributed by atoms with Crippen LogP contribution >= 0.6 is 0 Å². The molecule has 0 saturated heterocycles. The predicted molar refractivity (Wildman–Crippen MR) is 99.8 cm³/mol. The minimum Gasteiger partial charge on any atom is -0.466 e. The number of hydrogen-bond acceptors (Lipinski definition) is 5. The molecule has 3 N–H and O–H groups in total. The molecule has 0 unspecified atom stereocenters. The quantitative estimate of drug-likeness (QED) is 0.735. The lowest BCUT2D eigenvalue weighted by Gasteiger charge is -2.15. The van der Waals surface area contributed by atoms with Crippen molar-refractivity contribution in [1.82, 2.24) is 9.78 Å². The third kappa shape index (κ3) is 3.74. The van der Waals surface area contributed by atoms with Crippen LogP contribution in [0.1, 0.15) is 24.5 Å². The topological polar surface area (TPSA) is 103 Å². The summed E-state index contributed by atoms with van der Waals surface area (Å²) >= 11 is 0. The number of amides is 1. The predicted octanol–water partition coefficient (Wildman–Crippen LogP) is 3.04. The van der Waals surface area contributed by atoms with Crippen molar-refractivity contribution in [2.45, 2.75) is 26.8 Å². The van der Waals surface area contributed by atoms with Gasteiger partial charge in [-0.05, 0) is 57.2 Å². The fourth-order valence-electron chi connectivity index (χ4n) is 2.70. The minimum atomic E-state index is -0.932. The lowest BCUT2D eigenvalue weighted by Crippen LogP contribution is -2.34. The summed E-state index contributed by atoms with van der Waals surface area (Å²) in [6.45, 7) is 5.11. The molecule has 1 amide bonds. The molecular weight excluding hydrogens is 351 g/mol. The van der Waals surface area contributed by atoms with E-state index in [0.29, 0.717) is 28.5 Å². The molecule has 27 heavy (non-hydrogen) atoms. The highest BCUT2D eigenvalue weighted by molar-refractivity contribution is 5.93. The van der Waals surface area contributed by atoms with Gasteiger partial charge < -0.3 is 15.5 Å². The zero-order chi connectivity index (χ0) is 19.7. The first kappa shape index (κ1) is 18.4. The van der Waals surface area contributed by atoms with Crippen molar-refractivity contribution >= 4 is 17.3 Å². The van der Waals surface area contributed by atoms with Gasteiger partial charge in [0.05, 0.1) is 5.69 Å². The van der Waals surface area contributed by atoms with Gasteiger partial charge in [0.1, 0.15) is 29.1 Å². The Balaban J connectivity index is 1.95. The van der Waals surface area contributed by atoms with Crippen molar-refractivity contribution in [1.29, 1.82) is 0 Å². The highest BCUT2D eigenvalue weighted by atomic mass is 19.1. The van der Waals surface area contributed by atoms with E-state index in [4.69, 9.17) is 10.2 Å². The molecule has 0 aliphatic heterocycles. The van der Waals surface area contributed by atoms with Crippen LogP contribution in [0.25, 0.3) is 11.3 Å². The van der Waals surface area contributed by atoms with Crippen LogP contribution < -0.4 is 16.6 Å². The van der Waals surface area contributed by atoms with Gasteiger partial charge in [0.15, 0.2) is 0 Å². The van der Waals surface area contributed by atoms with Crippen molar-refractivity contribution in [3.63, 3.8) is 0 Å². The fraction of sp³-hybridized carbons (Fsp3) is 0.211. The van der Waals surface area contributed by atoms with Crippen LogP contribution in [0, 0.1) is 19.7 Å². The van der Waals surface area contributed by atoms with Gasteiger partial charge in [-0.3, -0.25) is 9.59 Å². The molecule has 0 saturated carbocycles. The van der Waals surface area contributed by atoms with Crippen LogP contribution in [0.2, 0.25) is 0 Å². The van der Waals surface area contributed by atoms with E-state index in [1.165, 1.54) is 37.3 Å². The van der Waals surface area contributed by atoms with E-state index < -0.39 is 23.3 Å². The number of benzene rings is 1. The van der Waals surface area contributed by atoms with Gasteiger partial charge in [-0.2, -0.15) is 5.10 Å². The molecule has 3 aromatic rings. The average molecular weight is 370 g/mol. The summed E-state index contributed by atoms with van der Waals surface area (Å²) in [5.41, 5.74) is 6.78. The first-order valence-corrected chi connectivity index (χ1v) is 8.29. The molecule has 8 heteroatoms. The van der Waals surface area contributed by atoms with E-state index >= 15 is 0 Å². The summed E-state index contributed by atoms with van der Waals surface area (Å²) < 4.78 is 19.5. The van der Waals surface area contributed by atoms with Gasteiger partial charge in [-0.15, -0.1) is 0 Å². The molecule has 2 heterocycles. The maximum atomic E-state index is 13.0. The van der Waals surface area contributed by atoms with Gasteiger partial charge in [0, 0.05) is 11.3 Å². The number of anilines is 2. The Morgan fingerprint density at radius 3 is 2.52 bits per heavy atom. The second-order valence-corrected chi connectivity index (χ2v) is 6.23. The van der Waals surface area contributed by atoms with Gasteiger partial charge in [0.2, 0.25) is 5.91 Å². The van der Waals surface area contributed by atoms with Crippen molar-refractivity contribution < 1.29 is 13.6 Å². The van der Waals surface area contributed by atoms with Crippen LogP contribution in [0.4, 0.5) is 15.8 Å². The standard InChI is InChI=1S/C19H19FN4O3/c1-10-8-15(12(3)27-10)17-9-16(21)19(26)24(23-17)11(2)18(25)22-14-6-4-13(20)5-7-14/h4-9,11H,21H2,1-3H3,(H,22,25)/t11-/m0/s1. The smallest absolute Gasteiger partial charge is 0.290 e. The number of nitrogens with two attached hydrogens (primary N) is 1. The Morgan fingerprint density at radius 1 is 1.26 bits per heavy atom. The summed E-state index contributed by atoms with van der Waals surface area (Å²) in [4.78, 5) is 24.9. The number of aromatic nitrogens is 2. The Bertz CT molecular complexity index is 1050. The first-order chi connectivity index (χ1) is 12.8. The van der Waals surface area contributed by atoms with E-state index in [1.807, 2.05) is 0 Å². The Morgan fingerprint density at radius 2 is 1.93 bits per heavy atom. The largest absolute Gasteiger partial charge is 0.466 e. The number of carbonyl (C=O) groups excluding carboxylic acids is 1. The van der Waals surface area contributed by atoms with Gasteiger partial charge in [0.25, 0.3) is 5.56 Å². The number of rotatable bonds is 4. The average Bonchev–Trinajstić information content (AvgIpc) is 2.97. The second-order valence-electron chi connectivity index (χ2n) is 6.23. The number of furan rings is 1. The van der Waals surface area contributed by atoms with E-state index in [9.17, 15) is 14.0 Å². The third-order valence-electron chi connectivity index (χ3n) is 4.14. The molecule has 1 aromatic carbocycles. The number of halogens is 1. The lowest BCUT2D eigenvalue weighted by atomic mass is 10.1. The molecule has 0 bridgehead atoms. The number of aryl methyl sites for hydroxylation is 2. The highest BCUT2D eigenvalue weighted by Crippen LogP contribution is 2.25. The maximum Gasteiger partial charge on any atom is 0.290 e. The summed E-state index contributed by atoms with van der Waals surface area (Å²) in [6, 6.07) is 7.63. The fourth-order valence-corrected chi connectivity index (χ4v) is 2.70. The lowest BCUT2D eigenvalue weighted by molar-refractivity contribution is -0.119. The molecule has 0 aliphatic rings. The molecule has 0 spiro atoms. The minimum absolute atomic E-state index is 0.0281. The summed E-state index contributed by atoms with van der Waals surface area (Å²) in [7, 11) is 0. The number of nitrogens with zero attached hydrogens (tertiary/aromatic N) is 2. The van der Waals surface area contributed by atoms with Crippen molar-refractivity contribution in [3.05, 3.63) is 64.1 Å². The first-order valence-electron chi connectivity index (χ1n) is 8.29. The zero-order valence-electron chi connectivity index (χ0n) is 15.1. The van der Waals surface area contributed by atoms with Gasteiger partial charge in [-0.25, -0.2) is 9.07 Å². The number of nitrogen functional groups attached to an aromatic ring is 1. The number of hydrogen-bond donors (Lipinski definition) is 2. The Labute approximate surface area is 154 Å². The van der Waals surface area contributed by atoms with Gasteiger partial charge >= 0.3 is 0 Å². The van der Waals surface area contributed by atoms with E-state index in [0.717, 1.165) is 4.68 Å². The SMILES string of the molecule is Cc1cc(-c2cc(N)c(=O)n([C@@H](C)C(=O)Nc3ccc(F)cc3)n2)c(C)o1. The monoisotopic (exact) mass is 370 g/mol. The summed E-state index contributed by atoms with van der Waals surface area (Å²) in [6.07, 6.45) is 0. The zero-order valence-corrected chi connectivity index (χ0v) is 15.1. The highest BCUT2D eigenvalue weighted by Gasteiger charge is 2.21. The molecule has 3 rings (SSSR count). The van der Waals surface area contributed by atoms with E-state index in [2.05, 4.69) is 10.4 Å². The van der Waals surface area contributed by atoms with E-state index in [-0.39, 0.29) is 5.69 Å². The van der Waals surface area contributed by atoms with Crippen molar-refractivity contribution in [3.8, 4) is 11.3 Å². The third-order valence-corrected chi connectivity index (χ3v) is 4.14. The van der Waals surface area contributed by atoms with Crippen LogP contribution in [0.3, 0.4) is 0 Å². The van der Waals surface area contributed by atoms with Crippen LogP contribution in [0.5, 0.6) is 0 Å². The molecule has 7 nitrogen and oxygen atoms in total. The number of nitrogens with one attached hydrogen (secondary N) is 1. The summed E-state index contributed by atoms with van der Waals surface area (Å²) in [5, 5.41) is 6.92. The molecule has 1 atom stereocenters. The molecule has 2 aromatic heterocycles. The molecule has 0 aliphatic carbocycles. The van der Waals surface area contributed by atoms with Crippen molar-refractivity contribution in [2.24, 2.45) is 0 Å². The second kappa shape index (κ2) is 7.06. The Kier molecular flexibility index (Phi) is 4.81. The van der Waals surface area contributed by atoms with Crippen LogP contribution in [0.15, 0.2) is 45.6 Å².